The van der Waals surface area contributed by atoms with Crippen LogP contribution in [0.1, 0.15) is 18.1 Å². The highest BCUT2D eigenvalue weighted by molar-refractivity contribution is 8.03. The third-order valence-electron chi connectivity index (χ3n) is 5.91. The Labute approximate surface area is 195 Å². The standard InChI is InChI=1S/C25H21ClN2O3S/c1-16-23(29)28(19-11-13-20(31-2)14-12-19)25(32-16)21-5-3-4-6-22(21)27(24(25)30)15-17-7-9-18(26)10-8-17/h3-14,16H,15H2,1-2H3. The lowest BCUT2D eigenvalue weighted by Crippen LogP contribution is -2.49. The fourth-order valence-corrected chi connectivity index (χ4v) is 6.05. The first kappa shape index (κ1) is 20.9. The molecule has 5 nitrogen and oxygen atoms in total. The van der Waals surface area contributed by atoms with E-state index in [0.717, 1.165) is 16.8 Å². The maximum Gasteiger partial charge on any atom is 0.269 e. The Bertz CT molecular complexity index is 1200. The van der Waals surface area contributed by atoms with Crippen LogP contribution in [-0.2, 0) is 21.0 Å². The second-order valence-electron chi connectivity index (χ2n) is 7.81. The van der Waals surface area contributed by atoms with Gasteiger partial charge in [-0.2, -0.15) is 0 Å². The molecule has 0 N–H and O–H groups in total. The number of carbonyl (C=O) groups is 2. The van der Waals surface area contributed by atoms with E-state index in [1.165, 1.54) is 11.8 Å². The van der Waals surface area contributed by atoms with Crippen LogP contribution in [0.4, 0.5) is 11.4 Å². The zero-order valence-electron chi connectivity index (χ0n) is 17.6. The van der Waals surface area contributed by atoms with Crippen molar-refractivity contribution in [2.75, 3.05) is 16.9 Å². The van der Waals surface area contributed by atoms with Crippen molar-refractivity contribution in [3.63, 3.8) is 0 Å². The van der Waals surface area contributed by atoms with Crippen molar-refractivity contribution in [3.05, 3.63) is 88.9 Å². The molecule has 5 rings (SSSR count). The SMILES string of the molecule is COc1ccc(N2C(=O)C(C)SC23C(=O)N(Cc2ccc(Cl)cc2)c2ccccc23)cc1. The van der Waals surface area contributed by atoms with Crippen LogP contribution in [0.5, 0.6) is 5.75 Å². The number of benzene rings is 3. The molecule has 2 heterocycles. The summed E-state index contributed by atoms with van der Waals surface area (Å²) in [5, 5.41) is 0.291. The molecular weight excluding hydrogens is 444 g/mol. The average molecular weight is 465 g/mol. The average Bonchev–Trinajstić information content (AvgIpc) is 3.21. The Morgan fingerprint density at radius 3 is 2.38 bits per heavy atom. The minimum absolute atomic E-state index is 0.0864. The third kappa shape index (κ3) is 3.09. The fourth-order valence-electron chi connectivity index (χ4n) is 4.40. The molecule has 0 aliphatic carbocycles. The first-order chi connectivity index (χ1) is 15.5. The van der Waals surface area contributed by atoms with Crippen LogP contribution in [0.15, 0.2) is 72.8 Å². The molecule has 0 bridgehead atoms. The smallest absolute Gasteiger partial charge is 0.269 e. The molecule has 0 saturated carbocycles. The van der Waals surface area contributed by atoms with Gasteiger partial charge in [-0.1, -0.05) is 41.9 Å². The minimum Gasteiger partial charge on any atom is -0.497 e. The minimum atomic E-state index is -1.14. The van der Waals surface area contributed by atoms with Crippen molar-refractivity contribution in [2.24, 2.45) is 0 Å². The van der Waals surface area contributed by atoms with Crippen LogP contribution >= 0.6 is 23.4 Å². The summed E-state index contributed by atoms with van der Waals surface area (Å²) in [6.45, 7) is 2.25. The molecule has 2 unspecified atom stereocenters. The highest BCUT2D eigenvalue weighted by atomic mass is 35.5. The number of ether oxygens (including phenoxy) is 1. The number of amides is 2. The van der Waals surface area contributed by atoms with Gasteiger partial charge >= 0.3 is 0 Å². The number of para-hydroxylation sites is 1. The molecule has 3 aromatic carbocycles. The van der Waals surface area contributed by atoms with E-state index in [9.17, 15) is 9.59 Å². The lowest BCUT2D eigenvalue weighted by molar-refractivity contribution is -0.124. The molecule has 1 spiro atoms. The van der Waals surface area contributed by atoms with E-state index < -0.39 is 4.87 Å². The van der Waals surface area contributed by atoms with Gasteiger partial charge in [0.05, 0.1) is 24.6 Å². The van der Waals surface area contributed by atoms with Crippen LogP contribution in [0.3, 0.4) is 0 Å². The van der Waals surface area contributed by atoms with Crippen molar-refractivity contribution in [3.8, 4) is 5.75 Å². The van der Waals surface area contributed by atoms with Crippen molar-refractivity contribution in [1.82, 2.24) is 0 Å². The Hall–Kier alpha value is -2.96. The first-order valence-corrected chi connectivity index (χ1v) is 11.5. The molecule has 1 fully saturated rings. The Morgan fingerprint density at radius 1 is 1.00 bits per heavy atom. The van der Waals surface area contributed by atoms with Crippen LogP contribution in [0.25, 0.3) is 0 Å². The highest BCUT2D eigenvalue weighted by Crippen LogP contribution is 2.58. The summed E-state index contributed by atoms with van der Waals surface area (Å²) in [5.41, 5.74) is 3.29. The molecule has 1 saturated heterocycles. The molecule has 2 aliphatic heterocycles. The summed E-state index contributed by atoms with van der Waals surface area (Å²) in [6, 6.07) is 22.5. The molecule has 2 amide bonds. The van der Waals surface area contributed by atoms with Gasteiger partial charge < -0.3 is 9.64 Å². The summed E-state index contributed by atoms with van der Waals surface area (Å²) < 4.78 is 5.27. The second-order valence-corrected chi connectivity index (χ2v) is 9.78. The van der Waals surface area contributed by atoms with Gasteiger partial charge in [-0.3, -0.25) is 14.5 Å². The van der Waals surface area contributed by atoms with Crippen LogP contribution in [0.2, 0.25) is 5.02 Å². The molecule has 0 radical (unpaired) electrons. The lowest BCUT2D eigenvalue weighted by Gasteiger charge is -2.33. The quantitative estimate of drug-likeness (QED) is 0.531. The summed E-state index contributed by atoms with van der Waals surface area (Å²) in [7, 11) is 1.60. The van der Waals surface area contributed by atoms with E-state index >= 15 is 0 Å². The molecule has 2 aliphatic rings. The number of carbonyl (C=O) groups excluding carboxylic acids is 2. The van der Waals surface area contributed by atoms with E-state index in [-0.39, 0.29) is 17.1 Å². The second kappa shape index (κ2) is 7.87. The number of halogens is 1. The van der Waals surface area contributed by atoms with Crippen molar-refractivity contribution >= 4 is 46.6 Å². The van der Waals surface area contributed by atoms with Gasteiger partial charge in [0.15, 0.2) is 0 Å². The summed E-state index contributed by atoms with van der Waals surface area (Å²) in [4.78, 5) is 29.8. The molecule has 7 heteroatoms. The van der Waals surface area contributed by atoms with Gasteiger partial charge in [-0.15, -0.1) is 11.8 Å². The number of fused-ring (bicyclic) bond motifs is 2. The number of hydrogen-bond donors (Lipinski definition) is 0. The van der Waals surface area contributed by atoms with Crippen LogP contribution in [0, 0.1) is 0 Å². The van der Waals surface area contributed by atoms with Gasteiger partial charge in [-0.05, 0) is 55.0 Å². The van der Waals surface area contributed by atoms with E-state index in [2.05, 4.69) is 0 Å². The first-order valence-electron chi connectivity index (χ1n) is 10.3. The molecule has 3 aromatic rings. The van der Waals surface area contributed by atoms with Crippen molar-refractivity contribution in [2.45, 2.75) is 23.6 Å². The predicted octanol–water partition coefficient (Wildman–Crippen LogP) is 5.22. The number of thioether (sulfide) groups is 1. The molecule has 2 atom stereocenters. The number of hydrogen-bond acceptors (Lipinski definition) is 4. The van der Waals surface area contributed by atoms with E-state index in [4.69, 9.17) is 16.3 Å². The maximum atomic E-state index is 14.1. The predicted molar refractivity (Wildman–Crippen MR) is 128 cm³/mol. The topological polar surface area (TPSA) is 49.9 Å². The molecular formula is C25H21ClN2O3S. The van der Waals surface area contributed by atoms with Crippen LogP contribution in [-0.4, -0.2) is 24.2 Å². The summed E-state index contributed by atoms with van der Waals surface area (Å²) in [6.07, 6.45) is 0. The number of rotatable bonds is 4. The number of anilines is 2. The summed E-state index contributed by atoms with van der Waals surface area (Å²) >= 11 is 7.44. The van der Waals surface area contributed by atoms with Gasteiger partial charge in [0.1, 0.15) is 5.75 Å². The van der Waals surface area contributed by atoms with Gasteiger partial charge in [0.2, 0.25) is 10.8 Å². The van der Waals surface area contributed by atoms with Crippen molar-refractivity contribution in [1.29, 1.82) is 0 Å². The van der Waals surface area contributed by atoms with Gasteiger partial charge in [0.25, 0.3) is 5.91 Å². The van der Waals surface area contributed by atoms with E-state index in [1.807, 2.05) is 67.6 Å². The fraction of sp³-hybridized carbons (Fsp3) is 0.200. The van der Waals surface area contributed by atoms with Crippen molar-refractivity contribution < 1.29 is 14.3 Å². The monoisotopic (exact) mass is 464 g/mol. The number of methoxy groups -OCH3 is 1. The van der Waals surface area contributed by atoms with Gasteiger partial charge in [0, 0.05) is 16.3 Å². The molecule has 32 heavy (non-hydrogen) atoms. The Balaban J connectivity index is 1.63. The normalized spacial score (nSPS) is 22.0. The van der Waals surface area contributed by atoms with E-state index in [1.54, 1.807) is 29.0 Å². The third-order valence-corrected chi connectivity index (χ3v) is 7.64. The van der Waals surface area contributed by atoms with Gasteiger partial charge in [-0.25, -0.2) is 0 Å². The Morgan fingerprint density at radius 2 is 1.69 bits per heavy atom. The zero-order chi connectivity index (χ0) is 22.5. The molecule has 0 aromatic heterocycles. The van der Waals surface area contributed by atoms with Crippen LogP contribution < -0.4 is 14.5 Å². The van der Waals surface area contributed by atoms with E-state index in [0.29, 0.717) is 23.0 Å². The molecule has 162 valence electrons. The lowest BCUT2D eigenvalue weighted by atomic mass is 10.0. The largest absolute Gasteiger partial charge is 0.497 e. The Kier molecular flexibility index (Phi) is 5.14. The summed E-state index contributed by atoms with van der Waals surface area (Å²) in [5.74, 6) is 0.487. The number of nitrogens with zero attached hydrogens (tertiary/aromatic N) is 2. The zero-order valence-corrected chi connectivity index (χ0v) is 19.2. The maximum absolute atomic E-state index is 14.1. The highest BCUT2D eigenvalue weighted by Gasteiger charge is 2.63.